The van der Waals surface area contributed by atoms with Gasteiger partial charge in [0.2, 0.25) is 5.95 Å². The number of hydrogen-bond donors (Lipinski definition) is 3. The number of H-pyrrole nitrogens is 1. The van der Waals surface area contributed by atoms with Gasteiger partial charge in [0.1, 0.15) is 10.9 Å². The van der Waals surface area contributed by atoms with Crippen LogP contribution < -0.4 is 16.2 Å². The van der Waals surface area contributed by atoms with Crippen LogP contribution in [0.4, 0.5) is 5.95 Å². The molecule has 4 N–H and O–H groups in total. The minimum atomic E-state index is -0.609. The second-order valence-electron chi connectivity index (χ2n) is 4.79. The van der Waals surface area contributed by atoms with E-state index in [4.69, 9.17) is 10.5 Å². The average Bonchev–Trinajstić information content (AvgIpc) is 2.93. The van der Waals surface area contributed by atoms with Crippen LogP contribution in [0.5, 0.6) is 0 Å². The van der Waals surface area contributed by atoms with E-state index in [-0.39, 0.29) is 27.3 Å². The molecule has 1 fully saturated rings. The molecule has 1 unspecified atom stereocenters. The quantitative estimate of drug-likeness (QED) is 0.704. The molecule has 0 bridgehead atoms. The van der Waals surface area contributed by atoms with Crippen LogP contribution in [0.3, 0.4) is 0 Å². The van der Waals surface area contributed by atoms with E-state index < -0.39 is 17.9 Å². The van der Waals surface area contributed by atoms with Crippen molar-refractivity contribution in [3.63, 3.8) is 0 Å². The molecule has 9 heteroatoms. The molecule has 3 rings (SSSR count). The van der Waals surface area contributed by atoms with Crippen molar-refractivity contribution in [2.45, 2.75) is 38.2 Å². The number of nitrogens with two attached hydrogens (primary N) is 1. The molecule has 1 saturated heterocycles. The second-order valence-corrected chi connectivity index (χ2v) is 5.75. The van der Waals surface area contributed by atoms with Gasteiger partial charge < -0.3 is 15.6 Å². The second kappa shape index (κ2) is 4.69. The smallest absolute Gasteiger partial charge is 0.311 e. The Labute approximate surface area is 116 Å². The zero-order valence-electron chi connectivity index (χ0n) is 10.7. The van der Waals surface area contributed by atoms with E-state index in [9.17, 15) is 14.7 Å². The summed E-state index contributed by atoms with van der Waals surface area (Å²) in [4.78, 5) is 29.9. The van der Waals surface area contributed by atoms with Gasteiger partial charge in [-0.25, -0.2) is 0 Å². The monoisotopic (exact) mass is 298 g/mol. The van der Waals surface area contributed by atoms with E-state index in [0.29, 0.717) is 12.8 Å². The highest BCUT2D eigenvalue weighted by molar-refractivity contribution is 7.16. The summed E-state index contributed by atoms with van der Waals surface area (Å²) in [6.07, 6.45) is -0.228. The number of nitrogens with zero attached hydrogens (tertiary/aromatic N) is 2. The zero-order valence-corrected chi connectivity index (χ0v) is 11.5. The molecular formula is C11H14N4O4S. The molecule has 1 aliphatic heterocycles. The minimum Gasteiger partial charge on any atom is -0.391 e. The maximum atomic E-state index is 12.1. The van der Waals surface area contributed by atoms with Gasteiger partial charge >= 0.3 is 4.87 Å². The Hall–Kier alpha value is -1.71. The number of fused-ring (bicyclic) bond motifs is 1. The summed E-state index contributed by atoms with van der Waals surface area (Å²) < 4.78 is 7.23. The Morgan fingerprint density at radius 3 is 2.95 bits per heavy atom. The molecule has 8 nitrogen and oxygen atoms in total. The predicted octanol–water partition coefficient (Wildman–Crippen LogP) is -0.213. The van der Waals surface area contributed by atoms with Crippen LogP contribution in [-0.4, -0.2) is 31.8 Å². The van der Waals surface area contributed by atoms with Crippen molar-refractivity contribution >= 4 is 27.6 Å². The number of thiazole rings is 1. The normalized spacial score (nSPS) is 24.3. The number of aliphatic hydroxyl groups excluding tert-OH is 1. The lowest BCUT2D eigenvalue weighted by Crippen LogP contribution is -2.25. The molecule has 3 atom stereocenters. The highest BCUT2D eigenvalue weighted by Crippen LogP contribution is 2.31. The highest BCUT2D eigenvalue weighted by atomic mass is 32.1. The van der Waals surface area contributed by atoms with Gasteiger partial charge in [0.25, 0.3) is 5.56 Å². The first kappa shape index (κ1) is 13.3. The van der Waals surface area contributed by atoms with Gasteiger partial charge in [-0.2, -0.15) is 4.98 Å². The average molecular weight is 298 g/mol. The Morgan fingerprint density at radius 1 is 1.55 bits per heavy atom. The molecule has 1 aliphatic rings. The van der Waals surface area contributed by atoms with Crippen molar-refractivity contribution < 1.29 is 9.84 Å². The van der Waals surface area contributed by atoms with Crippen LogP contribution >= 0.6 is 11.3 Å². The van der Waals surface area contributed by atoms with Crippen LogP contribution in [0.15, 0.2) is 9.59 Å². The highest BCUT2D eigenvalue weighted by Gasteiger charge is 2.32. The number of anilines is 1. The van der Waals surface area contributed by atoms with Gasteiger partial charge in [0, 0.05) is 0 Å². The number of aromatic amines is 1. The standard InChI is InChI=1S/C11H14N4O4S/c1-4(16)5-2-3-6(19-5)15-8-7(20-11(15)18)9(17)14-10(12)13-8/h4-6,16H,2-3H2,1H3,(H3,12,13,14,17)/t4?,5-,6+/m0/s1. The summed E-state index contributed by atoms with van der Waals surface area (Å²) in [5.41, 5.74) is 5.32. The Bertz CT molecular complexity index is 762. The summed E-state index contributed by atoms with van der Waals surface area (Å²) in [6, 6.07) is 0. The van der Waals surface area contributed by atoms with E-state index in [1.165, 1.54) is 4.57 Å². The SMILES string of the molecule is CC(O)[C@@H]1CC[C@H](n2c(=O)sc3c(=O)[nH]c(N)nc32)O1. The largest absolute Gasteiger partial charge is 0.391 e. The fourth-order valence-corrected chi connectivity index (χ4v) is 3.25. The topological polar surface area (TPSA) is 123 Å². The van der Waals surface area contributed by atoms with Crippen molar-refractivity contribution in [3.8, 4) is 0 Å². The Kier molecular flexibility index (Phi) is 3.11. The molecule has 0 aromatic carbocycles. The molecule has 0 saturated carbocycles. The van der Waals surface area contributed by atoms with Gasteiger partial charge in [0.15, 0.2) is 5.65 Å². The van der Waals surface area contributed by atoms with E-state index in [1.807, 2.05) is 0 Å². The van der Waals surface area contributed by atoms with Crippen molar-refractivity contribution in [3.05, 3.63) is 20.0 Å². The van der Waals surface area contributed by atoms with Crippen molar-refractivity contribution in [1.29, 1.82) is 0 Å². The van der Waals surface area contributed by atoms with Crippen molar-refractivity contribution in [1.82, 2.24) is 14.5 Å². The van der Waals surface area contributed by atoms with E-state index in [0.717, 1.165) is 11.3 Å². The van der Waals surface area contributed by atoms with Crippen LogP contribution in [-0.2, 0) is 4.74 Å². The fraction of sp³-hybridized carbons (Fsp3) is 0.545. The number of aromatic nitrogens is 3. The number of rotatable bonds is 2. The van der Waals surface area contributed by atoms with E-state index in [1.54, 1.807) is 6.92 Å². The van der Waals surface area contributed by atoms with Gasteiger partial charge in [-0.05, 0) is 19.8 Å². The predicted molar refractivity (Wildman–Crippen MR) is 73.7 cm³/mol. The summed E-state index contributed by atoms with van der Waals surface area (Å²) in [7, 11) is 0. The number of aliphatic hydroxyl groups is 1. The van der Waals surface area contributed by atoms with Crippen LogP contribution in [0.25, 0.3) is 10.3 Å². The first-order valence-corrected chi connectivity index (χ1v) is 7.03. The van der Waals surface area contributed by atoms with Crippen molar-refractivity contribution in [2.24, 2.45) is 0 Å². The summed E-state index contributed by atoms with van der Waals surface area (Å²) >= 11 is 0.814. The van der Waals surface area contributed by atoms with Crippen LogP contribution in [0, 0.1) is 0 Å². The molecular weight excluding hydrogens is 284 g/mol. The van der Waals surface area contributed by atoms with E-state index in [2.05, 4.69) is 9.97 Å². The van der Waals surface area contributed by atoms with Crippen LogP contribution in [0.2, 0.25) is 0 Å². The number of nitrogen functional groups attached to an aromatic ring is 1. The summed E-state index contributed by atoms with van der Waals surface area (Å²) in [6.45, 7) is 1.64. The lowest BCUT2D eigenvalue weighted by atomic mass is 10.1. The Balaban J connectivity index is 2.11. The third-order valence-corrected chi connectivity index (χ3v) is 4.29. The molecule has 2 aromatic rings. The maximum absolute atomic E-state index is 12.1. The molecule has 108 valence electrons. The zero-order chi connectivity index (χ0) is 14.4. The molecule has 0 aliphatic carbocycles. The number of hydrogen-bond acceptors (Lipinski definition) is 7. The maximum Gasteiger partial charge on any atom is 0.311 e. The lowest BCUT2D eigenvalue weighted by molar-refractivity contribution is -0.0521. The van der Waals surface area contributed by atoms with Gasteiger partial charge in [-0.3, -0.25) is 19.1 Å². The Morgan fingerprint density at radius 2 is 2.30 bits per heavy atom. The molecule has 3 heterocycles. The summed E-state index contributed by atoms with van der Waals surface area (Å²) in [5.74, 6) is -0.0425. The van der Waals surface area contributed by atoms with Crippen LogP contribution in [0.1, 0.15) is 26.0 Å². The number of ether oxygens (including phenoxy) is 1. The van der Waals surface area contributed by atoms with Gasteiger partial charge in [0.05, 0.1) is 12.2 Å². The number of nitrogens with one attached hydrogen (secondary N) is 1. The molecule has 0 amide bonds. The molecule has 0 radical (unpaired) electrons. The third kappa shape index (κ3) is 2.03. The fourth-order valence-electron chi connectivity index (χ4n) is 2.39. The van der Waals surface area contributed by atoms with E-state index >= 15 is 0 Å². The first-order valence-electron chi connectivity index (χ1n) is 6.21. The van der Waals surface area contributed by atoms with Gasteiger partial charge in [-0.1, -0.05) is 11.3 Å². The molecule has 20 heavy (non-hydrogen) atoms. The molecule has 2 aromatic heterocycles. The molecule has 0 spiro atoms. The lowest BCUT2D eigenvalue weighted by Gasteiger charge is -2.16. The third-order valence-electron chi connectivity index (χ3n) is 3.35. The summed E-state index contributed by atoms with van der Waals surface area (Å²) in [5, 5.41) is 9.54. The van der Waals surface area contributed by atoms with Crippen molar-refractivity contribution in [2.75, 3.05) is 5.73 Å². The first-order chi connectivity index (χ1) is 9.47. The van der Waals surface area contributed by atoms with Gasteiger partial charge in [-0.15, -0.1) is 0 Å². The minimum absolute atomic E-state index is 0.0425.